The summed E-state index contributed by atoms with van der Waals surface area (Å²) in [5, 5.41) is 10.3. The van der Waals surface area contributed by atoms with Crippen LogP contribution < -0.4 is 16.8 Å². The van der Waals surface area contributed by atoms with E-state index in [2.05, 4.69) is 25.5 Å². The van der Waals surface area contributed by atoms with Gasteiger partial charge in [0, 0.05) is 12.1 Å². The normalized spacial score (nSPS) is 11.7. The molecule has 0 saturated carbocycles. The molecule has 3 aromatic rings. The first-order chi connectivity index (χ1) is 13.8. The van der Waals surface area contributed by atoms with Gasteiger partial charge in [0.1, 0.15) is 0 Å². The molecule has 10 nitrogen and oxygen atoms in total. The standard InChI is InChI=1S/C18H23N7O3S/c1-11(2)29(26,27)13-6-4-12(5-7-13)14-10-22-16(20)15(23-14)17-24-25-18(28-17)21-9-3-8-19/h4-7,10-11H,3,8-9,19H2,1-2H3,(H2,20,22)(H,21,25). The van der Waals surface area contributed by atoms with Crippen LogP contribution in [0.5, 0.6) is 0 Å². The van der Waals surface area contributed by atoms with E-state index in [4.69, 9.17) is 15.9 Å². The van der Waals surface area contributed by atoms with Crippen LogP contribution in [0, 0.1) is 0 Å². The molecule has 3 rings (SSSR count). The molecule has 0 fully saturated rings. The third kappa shape index (κ3) is 4.51. The van der Waals surface area contributed by atoms with Gasteiger partial charge in [0.2, 0.25) is 0 Å². The molecule has 0 aliphatic carbocycles. The zero-order valence-electron chi connectivity index (χ0n) is 16.2. The first-order valence-corrected chi connectivity index (χ1v) is 10.6. The Kier molecular flexibility index (Phi) is 6.09. The second-order valence-electron chi connectivity index (χ2n) is 6.59. The number of anilines is 2. The Labute approximate surface area is 168 Å². The highest BCUT2D eigenvalue weighted by Crippen LogP contribution is 2.27. The van der Waals surface area contributed by atoms with E-state index in [0.29, 0.717) is 24.3 Å². The summed E-state index contributed by atoms with van der Waals surface area (Å²) < 4.78 is 30.1. The van der Waals surface area contributed by atoms with Crippen LogP contribution in [-0.2, 0) is 9.84 Å². The van der Waals surface area contributed by atoms with Crippen molar-refractivity contribution >= 4 is 21.7 Å². The molecule has 11 heteroatoms. The number of nitrogens with one attached hydrogen (secondary N) is 1. The monoisotopic (exact) mass is 417 g/mol. The molecule has 2 aromatic heterocycles. The predicted octanol–water partition coefficient (Wildman–Crippen LogP) is 1.72. The molecule has 0 radical (unpaired) electrons. The van der Waals surface area contributed by atoms with Crippen LogP contribution in [0.3, 0.4) is 0 Å². The van der Waals surface area contributed by atoms with Crippen LogP contribution >= 0.6 is 0 Å². The average Bonchev–Trinajstić information content (AvgIpc) is 3.17. The summed E-state index contributed by atoms with van der Waals surface area (Å²) in [4.78, 5) is 8.87. The Morgan fingerprint density at radius 2 is 1.90 bits per heavy atom. The first kappa shape index (κ1) is 20.7. The highest BCUT2D eigenvalue weighted by atomic mass is 32.2. The Bertz CT molecular complexity index is 1080. The fourth-order valence-electron chi connectivity index (χ4n) is 2.47. The average molecular weight is 417 g/mol. The number of nitrogens with two attached hydrogens (primary N) is 2. The summed E-state index contributed by atoms with van der Waals surface area (Å²) in [5.41, 5.74) is 12.8. The van der Waals surface area contributed by atoms with Crippen molar-refractivity contribution in [3.05, 3.63) is 30.5 Å². The van der Waals surface area contributed by atoms with Crippen LogP contribution in [0.4, 0.5) is 11.8 Å². The van der Waals surface area contributed by atoms with Gasteiger partial charge in [-0.2, -0.15) is 0 Å². The molecular weight excluding hydrogens is 394 g/mol. The number of aromatic nitrogens is 4. The molecule has 154 valence electrons. The van der Waals surface area contributed by atoms with Crippen LogP contribution in [0.25, 0.3) is 22.8 Å². The first-order valence-electron chi connectivity index (χ1n) is 9.07. The molecule has 5 N–H and O–H groups in total. The molecule has 0 spiro atoms. The Hall–Kier alpha value is -3.05. The molecular formula is C18H23N7O3S. The lowest BCUT2D eigenvalue weighted by Crippen LogP contribution is -2.13. The number of hydrogen-bond acceptors (Lipinski definition) is 10. The number of nitrogen functional groups attached to an aromatic ring is 1. The minimum absolute atomic E-state index is 0.131. The van der Waals surface area contributed by atoms with Crippen LogP contribution in [-0.4, -0.2) is 46.9 Å². The van der Waals surface area contributed by atoms with Crippen LogP contribution in [0.2, 0.25) is 0 Å². The minimum Gasteiger partial charge on any atom is -0.402 e. The number of benzene rings is 1. The smallest absolute Gasteiger partial charge is 0.315 e. The van der Waals surface area contributed by atoms with E-state index in [1.165, 1.54) is 6.20 Å². The van der Waals surface area contributed by atoms with Crippen LogP contribution in [0.15, 0.2) is 39.8 Å². The highest BCUT2D eigenvalue weighted by Gasteiger charge is 2.20. The third-order valence-corrected chi connectivity index (χ3v) is 6.36. The summed E-state index contributed by atoms with van der Waals surface area (Å²) in [6.07, 6.45) is 2.26. The quantitative estimate of drug-likeness (QED) is 0.460. The van der Waals surface area contributed by atoms with Gasteiger partial charge in [0.05, 0.1) is 22.0 Å². The topological polar surface area (TPSA) is 163 Å². The van der Waals surface area contributed by atoms with E-state index in [-0.39, 0.29) is 28.3 Å². The fourth-order valence-corrected chi connectivity index (χ4v) is 3.53. The second kappa shape index (κ2) is 8.53. The summed E-state index contributed by atoms with van der Waals surface area (Å²) in [6.45, 7) is 4.44. The Morgan fingerprint density at radius 1 is 1.17 bits per heavy atom. The van der Waals surface area contributed by atoms with Crippen molar-refractivity contribution in [1.29, 1.82) is 0 Å². The van der Waals surface area contributed by atoms with Gasteiger partial charge in [-0.05, 0) is 38.9 Å². The zero-order chi connectivity index (χ0) is 21.0. The highest BCUT2D eigenvalue weighted by molar-refractivity contribution is 7.92. The van der Waals surface area contributed by atoms with Crippen LogP contribution in [0.1, 0.15) is 20.3 Å². The van der Waals surface area contributed by atoms with Crippen molar-refractivity contribution in [3.8, 4) is 22.8 Å². The molecule has 0 amide bonds. The van der Waals surface area contributed by atoms with Crippen molar-refractivity contribution in [3.63, 3.8) is 0 Å². The van der Waals surface area contributed by atoms with Gasteiger partial charge < -0.3 is 21.2 Å². The van der Waals surface area contributed by atoms with Gasteiger partial charge >= 0.3 is 6.01 Å². The van der Waals surface area contributed by atoms with Crippen molar-refractivity contribution in [2.24, 2.45) is 5.73 Å². The Balaban J connectivity index is 1.88. The Morgan fingerprint density at radius 3 is 2.55 bits per heavy atom. The number of nitrogens with zero attached hydrogens (tertiary/aromatic N) is 4. The molecule has 0 unspecified atom stereocenters. The van der Waals surface area contributed by atoms with E-state index in [0.717, 1.165) is 6.42 Å². The summed E-state index contributed by atoms with van der Waals surface area (Å²) in [6, 6.07) is 6.69. The largest absolute Gasteiger partial charge is 0.402 e. The maximum Gasteiger partial charge on any atom is 0.315 e. The molecule has 0 bridgehead atoms. The van der Waals surface area contributed by atoms with Gasteiger partial charge in [-0.1, -0.05) is 17.2 Å². The lowest BCUT2D eigenvalue weighted by Gasteiger charge is -2.09. The van der Waals surface area contributed by atoms with Crippen molar-refractivity contribution in [2.45, 2.75) is 30.4 Å². The maximum absolute atomic E-state index is 12.3. The maximum atomic E-state index is 12.3. The molecule has 0 saturated heterocycles. The lowest BCUT2D eigenvalue weighted by molar-refractivity contribution is 0.577. The van der Waals surface area contributed by atoms with Gasteiger partial charge in [-0.15, -0.1) is 5.10 Å². The van der Waals surface area contributed by atoms with Gasteiger partial charge in [0.25, 0.3) is 5.89 Å². The van der Waals surface area contributed by atoms with Gasteiger partial charge in [0.15, 0.2) is 21.3 Å². The second-order valence-corrected chi connectivity index (χ2v) is 9.09. The minimum atomic E-state index is -3.34. The summed E-state index contributed by atoms with van der Waals surface area (Å²) in [7, 11) is -3.34. The lowest BCUT2D eigenvalue weighted by atomic mass is 10.1. The number of rotatable bonds is 8. The van der Waals surface area contributed by atoms with E-state index in [1.807, 2.05) is 0 Å². The molecule has 29 heavy (non-hydrogen) atoms. The molecule has 1 aromatic carbocycles. The molecule has 0 aliphatic heterocycles. The SMILES string of the molecule is CC(C)S(=O)(=O)c1ccc(-c2cnc(N)c(-c3nnc(NCCCN)o3)n2)cc1. The zero-order valence-corrected chi connectivity index (χ0v) is 17.0. The fraction of sp³-hybridized carbons (Fsp3) is 0.333. The van der Waals surface area contributed by atoms with Gasteiger partial charge in [-0.25, -0.2) is 18.4 Å². The summed E-state index contributed by atoms with van der Waals surface area (Å²) in [5.74, 6) is 0.274. The summed E-state index contributed by atoms with van der Waals surface area (Å²) >= 11 is 0. The molecule has 0 atom stereocenters. The van der Waals surface area contributed by atoms with E-state index in [9.17, 15) is 8.42 Å². The molecule has 0 aliphatic rings. The number of hydrogen-bond donors (Lipinski definition) is 3. The van der Waals surface area contributed by atoms with E-state index >= 15 is 0 Å². The van der Waals surface area contributed by atoms with E-state index in [1.54, 1.807) is 38.1 Å². The number of sulfone groups is 1. The van der Waals surface area contributed by atoms with Crippen molar-refractivity contribution < 1.29 is 12.8 Å². The van der Waals surface area contributed by atoms with E-state index < -0.39 is 15.1 Å². The predicted molar refractivity (Wildman–Crippen MR) is 110 cm³/mol. The molecule has 2 heterocycles. The third-order valence-electron chi connectivity index (χ3n) is 4.18. The van der Waals surface area contributed by atoms with Gasteiger partial charge in [-0.3, -0.25) is 0 Å². The van der Waals surface area contributed by atoms with Crippen molar-refractivity contribution in [2.75, 3.05) is 24.1 Å². The van der Waals surface area contributed by atoms with Crippen molar-refractivity contribution in [1.82, 2.24) is 20.2 Å².